The molecule has 0 bridgehead atoms. The minimum atomic E-state index is -2.71. The van der Waals surface area contributed by atoms with Crippen LogP contribution in [-0.4, -0.2) is 16.1 Å². The third-order valence-electron chi connectivity index (χ3n) is 8.71. The zero-order valence-electron chi connectivity index (χ0n) is 26.6. The third-order valence-corrected chi connectivity index (χ3v) is 13.5. The van der Waals surface area contributed by atoms with Gasteiger partial charge in [0.05, 0.1) is 0 Å². The van der Waals surface area contributed by atoms with Gasteiger partial charge >= 0.3 is 258 Å². The van der Waals surface area contributed by atoms with Crippen LogP contribution in [0.1, 0.15) is 10.4 Å². The van der Waals surface area contributed by atoms with Crippen LogP contribution in [0.4, 0.5) is 11.4 Å². The van der Waals surface area contributed by atoms with Crippen LogP contribution in [0.5, 0.6) is 23.0 Å². The molecule has 2 N–H and O–H groups in total. The van der Waals surface area contributed by atoms with Gasteiger partial charge in [-0.05, 0) is 6.07 Å². The molecular weight excluding hydrogens is 625 g/mol. The van der Waals surface area contributed by atoms with Gasteiger partial charge < -0.3 is 5.11 Å². The standard InChI is InChI=1S/C43H34NO4P/c45-40-26-14-13-24-38(40)43(47)44(32-16-5-1-6-17-32)39-25-15-27-41(42(39)46)48-33-28-30-37(31-29-33)49(34-18-7-2-8-19-34,35-20-9-3-10-21-35)36-22-11-4-12-23-36/h1-31,45-46,49H. The molecule has 7 rings (SSSR count). The number of hydrogen-bond acceptors (Lipinski definition) is 4. The number of nitrogens with zero attached hydrogens (tertiary/aromatic N) is 1. The molecule has 7 aromatic rings. The van der Waals surface area contributed by atoms with E-state index in [1.54, 1.807) is 48.5 Å². The number of ether oxygens (including phenoxy) is 1. The minimum absolute atomic E-state index is 0.107. The van der Waals surface area contributed by atoms with E-state index in [1.807, 2.05) is 48.5 Å². The molecule has 0 spiro atoms. The second kappa shape index (κ2) is 13.9. The van der Waals surface area contributed by atoms with Gasteiger partial charge in [0.15, 0.2) is 0 Å². The van der Waals surface area contributed by atoms with Crippen LogP contribution in [-0.2, 0) is 0 Å². The number of benzene rings is 7. The van der Waals surface area contributed by atoms with Crippen molar-refractivity contribution in [3.05, 3.63) is 194 Å². The van der Waals surface area contributed by atoms with E-state index in [1.165, 1.54) is 32.2 Å². The first-order valence-corrected chi connectivity index (χ1v) is 18.0. The summed E-state index contributed by atoms with van der Waals surface area (Å²) < 4.78 is 6.31. The number of carbonyl (C=O) groups excluding carboxylic acids is 1. The normalized spacial score (nSPS) is 11.4. The quantitative estimate of drug-likeness (QED) is 0.153. The van der Waals surface area contributed by atoms with Crippen LogP contribution >= 0.6 is 7.26 Å². The molecule has 0 aliphatic heterocycles. The summed E-state index contributed by atoms with van der Waals surface area (Å²) in [5.41, 5.74) is 0.851. The molecule has 0 saturated carbocycles. The molecule has 49 heavy (non-hydrogen) atoms. The molecule has 7 aromatic carbocycles. The van der Waals surface area contributed by atoms with E-state index in [2.05, 4.69) is 84.9 Å². The van der Waals surface area contributed by atoms with Crippen molar-refractivity contribution in [2.45, 2.75) is 0 Å². The van der Waals surface area contributed by atoms with Gasteiger partial charge in [0.1, 0.15) is 0 Å². The molecule has 0 fully saturated rings. The second-order valence-electron chi connectivity index (χ2n) is 11.6. The van der Waals surface area contributed by atoms with Gasteiger partial charge in [-0.25, -0.2) is 0 Å². The van der Waals surface area contributed by atoms with E-state index in [9.17, 15) is 15.0 Å². The summed E-state index contributed by atoms with van der Waals surface area (Å²) in [7, 11) is -2.71. The molecule has 0 aliphatic carbocycles. The van der Waals surface area contributed by atoms with Gasteiger partial charge in [-0.15, -0.1) is 0 Å². The summed E-state index contributed by atoms with van der Waals surface area (Å²) in [4.78, 5) is 15.3. The van der Waals surface area contributed by atoms with Crippen LogP contribution in [0.15, 0.2) is 188 Å². The average molecular weight is 660 g/mol. The fraction of sp³-hybridized carbons (Fsp3) is 0. The fourth-order valence-corrected chi connectivity index (χ4v) is 11.2. The number of rotatable bonds is 9. The summed E-state index contributed by atoms with van der Waals surface area (Å²) in [5.74, 6) is -0.131. The maximum atomic E-state index is 13.9. The molecule has 0 aromatic heterocycles. The monoisotopic (exact) mass is 659 g/mol. The van der Waals surface area contributed by atoms with Crippen molar-refractivity contribution in [2.75, 3.05) is 4.90 Å². The zero-order chi connectivity index (χ0) is 33.6. The second-order valence-corrected chi connectivity index (χ2v) is 15.4. The van der Waals surface area contributed by atoms with Crippen LogP contribution in [0, 0.1) is 0 Å². The van der Waals surface area contributed by atoms with E-state index in [4.69, 9.17) is 4.74 Å². The average Bonchev–Trinajstić information content (AvgIpc) is 3.16. The molecule has 5 nitrogen and oxygen atoms in total. The molecule has 1 amide bonds. The first-order valence-electron chi connectivity index (χ1n) is 16.0. The SMILES string of the molecule is O=C(c1ccccc1O)N(c1ccccc1)c1cccc(Oc2ccc([PH](c3ccccc3)(c3ccccc3)c3ccccc3)cc2)c1O. The third kappa shape index (κ3) is 6.04. The summed E-state index contributed by atoms with van der Waals surface area (Å²) >= 11 is 0. The van der Waals surface area contributed by atoms with Gasteiger partial charge in [0.25, 0.3) is 0 Å². The number of aromatic hydroxyl groups is 2. The van der Waals surface area contributed by atoms with Gasteiger partial charge in [-0.2, -0.15) is 0 Å². The van der Waals surface area contributed by atoms with Gasteiger partial charge in [0.2, 0.25) is 0 Å². The Bertz CT molecular complexity index is 2080. The maximum absolute atomic E-state index is 13.9. The molecule has 6 heteroatoms. The van der Waals surface area contributed by atoms with Crippen molar-refractivity contribution in [1.29, 1.82) is 0 Å². The molecule has 0 heterocycles. The summed E-state index contributed by atoms with van der Waals surface area (Å²) in [6.07, 6.45) is 0. The molecular formula is C43H34NO4P. The molecule has 0 aliphatic rings. The molecule has 0 atom stereocenters. The van der Waals surface area contributed by atoms with Gasteiger partial charge in [0, 0.05) is 0 Å². The van der Waals surface area contributed by atoms with Crippen molar-refractivity contribution in [3.8, 4) is 23.0 Å². The van der Waals surface area contributed by atoms with Crippen molar-refractivity contribution < 1.29 is 19.7 Å². The van der Waals surface area contributed by atoms with E-state index in [0.29, 0.717) is 11.4 Å². The van der Waals surface area contributed by atoms with E-state index in [0.717, 1.165) is 0 Å². The first kappa shape index (κ1) is 31.4. The number of hydrogen-bond donors (Lipinski definition) is 2. The first-order chi connectivity index (χ1) is 24.1. The molecule has 0 unspecified atom stereocenters. The topological polar surface area (TPSA) is 70.0 Å². The Labute approximate surface area is 286 Å². The number of para-hydroxylation sites is 3. The van der Waals surface area contributed by atoms with Crippen molar-refractivity contribution in [2.24, 2.45) is 0 Å². The molecule has 0 saturated heterocycles. The Kier molecular flexibility index (Phi) is 8.92. The fourth-order valence-electron chi connectivity index (χ4n) is 6.46. The number of phenolic OH excluding ortho intramolecular Hbond substituents is 2. The number of amides is 1. The van der Waals surface area contributed by atoms with Crippen molar-refractivity contribution in [3.63, 3.8) is 0 Å². The molecule has 0 radical (unpaired) electrons. The Morgan fingerprint density at radius 1 is 0.490 bits per heavy atom. The van der Waals surface area contributed by atoms with Crippen LogP contribution in [0.25, 0.3) is 0 Å². The Balaban J connectivity index is 1.29. The zero-order valence-corrected chi connectivity index (χ0v) is 27.6. The summed E-state index contributed by atoms with van der Waals surface area (Å²) in [5, 5.41) is 27.1. The van der Waals surface area contributed by atoms with E-state index >= 15 is 0 Å². The van der Waals surface area contributed by atoms with Crippen LogP contribution in [0.2, 0.25) is 0 Å². The number of anilines is 2. The summed E-state index contributed by atoms with van der Waals surface area (Å²) in [6.45, 7) is 0. The predicted molar refractivity (Wildman–Crippen MR) is 202 cm³/mol. The Morgan fingerprint density at radius 2 is 0.959 bits per heavy atom. The Hall–Kier alpha value is -6.16. The molecule has 240 valence electrons. The van der Waals surface area contributed by atoms with Crippen molar-refractivity contribution >= 4 is 45.8 Å². The number of carbonyl (C=O) groups is 1. The van der Waals surface area contributed by atoms with Gasteiger partial charge in [-0.1, -0.05) is 18.2 Å². The van der Waals surface area contributed by atoms with Crippen LogP contribution in [0.3, 0.4) is 0 Å². The van der Waals surface area contributed by atoms with Crippen LogP contribution < -0.4 is 30.9 Å². The summed E-state index contributed by atoms with van der Waals surface area (Å²) in [6, 6.07) is 60.5. The Morgan fingerprint density at radius 3 is 1.49 bits per heavy atom. The van der Waals surface area contributed by atoms with Crippen molar-refractivity contribution in [1.82, 2.24) is 0 Å². The van der Waals surface area contributed by atoms with E-state index < -0.39 is 13.2 Å². The van der Waals surface area contributed by atoms with Gasteiger partial charge in [-0.3, -0.25) is 0 Å². The van der Waals surface area contributed by atoms with E-state index in [-0.39, 0.29) is 28.5 Å². The predicted octanol–water partition coefficient (Wildman–Crippen LogP) is 8.22. The number of phenols is 2.